The third-order valence-corrected chi connectivity index (χ3v) is 17.0. The molecule has 6 aliphatic rings. The van der Waals surface area contributed by atoms with Gasteiger partial charge in [-0.1, -0.05) is 34.6 Å². The van der Waals surface area contributed by atoms with Crippen LogP contribution >= 0.6 is 0 Å². The zero-order valence-corrected chi connectivity index (χ0v) is 34.8. The molecule has 0 aromatic carbocycles. The Labute approximate surface area is 332 Å². The van der Waals surface area contributed by atoms with E-state index < -0.39 is 91.9 Å². The molecule has 0 radical (unpaired) electrons. The van der Waals surface area contributed by atoms with Gasteiger partial charge in [-0.15, -0.1) is 0 Å². The van der Waals surface area contributed by atoms with Crippen LogP contribution in [0.2, 0.25) is 0 Å². The molecule has 0 bridgehead atoms. The molecule has 0 aromatic heterocycles. The quantitative estimate of drug-likeness (QED) is 0.133. The molecule has 2 saturated heterocycles. The predicted octanol–water partition coefficient (Wildman–Crippen LogP) is 1.34. The van der Waals surface area contributed by atoms with Gasteiger partial charge in [0.2, 0.25) is 0 Å². The van der Waals surface area contributed by atoms with Gasteiger partial charge in [-0.25, -0.2) is 0 Å². The molecule has 6 fully saturated rings. The average Bonchev–Trinajstić information content (AvgIpc) is 3.50. The molecule has 10 N–H and O–H groups in total. The van der Waals surface area contributed by atoms with E-state index in [4.69, 9.17) is 18.9 Å². The van der Waals surface area contributed by atoms with Crippen LogP contribution in [0.5, 0.6) is 0 Å². The van der Waals surface area contributed by atoms with Gasteiger partial charge in [0.1, 0.15) is 48.8 Å². The molecule has 2 aliphatic heterocycles. The summed E-state index contributed by atoms with van der Waals surface area (Å²) in [4.78, 5) is 0. The van der Waals surface area contributed by atoms with Gasteiger partial charge in [-0.2, -0.15) is 0 Å². The molecule has 4 aliphatic carbocycles. The standard InChI is InChI=1S/C42H74O14/c1-37(2,52)13-9-14-42(8,56-36-34(51)32(49)30(47)24(20-44)54-36)21-10-16-41(7)28(21)22(45)18-26-39(5)15-12-27(38(3,4)25(39)11-17-40(26,41)6)55-35-33(50)31(48)29(46)23(19-43)53-35/h21-36,43-52H,9-20H2,1-8H3/t21-,22+,23+,24+,25-,26+,27-,28-,29+,30+,31-,32-,33+,34+,35-,36-,39-,40+,41+,42-/m0/s1. The van der Waals surface area contributed by atoms with Crippen LogP contribution in [0, 0.1) is 45.3 Å². The van der Waals surface area contributed by atoms with Crippen LogP contribution in [-0.4, -0.2) is 149 Å². The van der Waals surface area contributed by atoms with E-state index >= 15 is 0 Å². The van der Waals surface area contributed by atoms with Gasteiger partial charge in [-0.3, -0.25) is 0 Å². The Morgan fingerprint density at radius 2 is 1.20 bits per heavy atom. The Bertz CT molecular complexity index is 1360. The first-order valence-electron chi connectivity index (χ1n) is 21.2. The fraction of sp³-hybridized carbons (Fsp3) is 1.00. The molecular formula is C42H74O14. The predicted molar refractivity (Wildman–Crippen MR) is 202 cm³/mol. The average molecular weight is 803 g/mol. The van der Waals surface area contributed by atoms with E-state index in [0.717, 1.165) is 32.1 Å². The summed E-state index contributed by atoms with van der Waals surface area (Å²) in [5.41, 5.74) is -2.88. The summed E-state index contributed by atoms with van der Waals surface area (Å²) in [5.74, 6) is 0.0332. The highest BCUT2D eigenvalue weighted by Gasteiger charge is 2.72. The minimum Gasteiger partial charge on any atom is -0.394 e. The van der Waals surface area contributed by atoms with Crippen LogP contribution in [-0.2, 0) is 18.9 Å². The molecule has 326 valence electrons. The Kier molecular flexibility index (Phi) is 12.6. The van der Waals surface area contributed by atoms with Crippen molar-refractivity contribution in [3.8, 4) is 0 Å². The number of rotatable bonds is 11. The molecule has 14 heteroatoms. The zero-order valence-electron chi connectivity index (χ0n) is 34.8. The second kappa shape index (κ2) is 15.7. The first-order valence-corrected chi connectivity index (χ1v) is 21.2. The number of ether oxygens (including phenoxy) is 4. The lowest BCUT2D eigenvalue weighted by Crippen LogP contribution is -2.67. The first-order chi connectivity index (χ1) is 25.9. The van der Waals surface area contributed by atoms with Crippen molar-refractivity contribution in [3.05, 3.63) is 0 Å². The maximum atomic E-state index is 12.5. The topological polar surface area (TPSA) is 239 Å². The van der Waals surface area contributed by atoms with Crippen molar-refractivity contribution < 1.29 is 70.0 Å². The van der Waals surface area contributed by atoms with Crippen LogP contribution in [0.15, 0.2) is 0 Å². The normalized spacial score (nSPS) is 51.8. The molecule has 2 heterocycles. The van der Waals surface area contributed by atoms with Crippen molar-refractivity contribution >= 4 is 0 Å². The number of aliphatic hydroxyl groups is 10. The number of hydrogen-bond acceptors (Lipinski definition) is 14. The Morgan fingerprint density at radius 1 is 0.643 bits per heavy atom. The second-order valence-electron chi connectivity index (χ2n) is 20.9. The number of fused-ring (bicyclic) bond motifs is 5. The van der Waals surface area contributed by atoms with Gasteiger partial charge in [-0.05, 0) is 130 Å². The van der Waals surface area contributed by atoms with E-state index in [9.17, 15) is 51.1 Å². The second-order valence-corrected chi connectivity index (χ2v) is 20.9. The van der Waals surface area contributed by atoms with Crippen molar-refractivity contribution in [1.82, 2.24) is 0 Å². The summed E-state index contributed by atoms with van der Waals surface area (Å²) in [6, 6.07) is 0. The highest BCUT2D eigenvalue weighted by Crippen LogP contribution is 2.76. The van der Waals surface area contributed by atoms with Gasteiger partial charge in [0, 0.05) is 0 Å². The third kappa shape index (κ3) is 7.35. The maximum absolute atomic E-state index is 12.5. The highest BCUT2D eigenvalue weighted by molar-refractivity contribution is 5.20. The van der Waals surface area contributed by atoms with Crippen molar-refractivity contribution in [1.29, 1.82) is 0 Å². The van der Waals surface area contributed by atoms with Crippen molar-refractivity contribution in [3.63, 3.8) is 0 Å². The Hall–Kier alpha value is -0.560. The van der Waals surface area contributed by atoms with Gasteiger partial charge in [0.05, 0.1) is 36.6 Å². The smallest absolute Gasteiger partial charge is 0.187 e. The molecule has 0 unspecified atom stereocenters. The fourth-order valence-electron chi connectivity index (χ4n) is 13.6. The van der Waals surface area contributed by atoms with Gasteiger partial charge < -0.3 is 70.0 Å². The van der Waals surface area contributed by atoms with Crippen LogP contribution < -0.4 is 0 Å². The molecule has 56 heavy (non-hydrogen) atoms. The molecule has 20 atom stereocenters. The van der Waals surface area contributed by atoms with Crippen molar-refractivity contribution in [2.45, 2.75) is 204 Å². The zero-order chi connectivity index (χ0) is 41.6. The van der Waals surface area contributed by atoms with E-state index in [1.165, 1.54) is 0 Å². The summed E-state index contributed by atoms with van der Waals surface area (Å²) < 4.78 is 24.9. The Balaban J connectivity index is 1.26. The molecule has 0 spiro atoms. The van der Waals surface area contributed by atoms with E-state index in [-0.39, 0.29) is 51.4 Å². The lowest BCUT2D eigenvalue weighted by molar-refractivity contribution is -0.338. The van der Waals surface area contributed by atoms with Crippen LogP contribution in [0.4, 0.5) is 0 Å². The monoisotopic (exact) mass is 803 g/mol. The third-order valence-electron chi connectivity index (χ3n) is 17.0. The Morgan fingerprint density at radius 3 is 1.77 bits per heavy atom. The molecule has 0 amide bonds. The lowest BCUT2D eigenvalue weighted by Gasteiger charge is -2.71. The SMILES string of the molecule is CC(C)(O)CCC[C@](C)(O[C@@H]1O[C@H](CO)[C@@H](O)[C@H](O)[C@H]1O)[C@H]1CC[C@]2(C)[C@@H]1[C@H](O)C[C@@H]1[C@@]3(C)CC[C@H](O[C@@H]4O[C@H](CO)[C@@H](O)[C@H](O)[C@H]4O)C(C)(C)[C@@H]3CC[C@]12C. The van der Waals surface area contributed by atoms with Crippen LogP contribution in [0.3, 0.4) is 0 Å². The number of hydrogen-bond donors (Lipinski definition) is 10. The van der Waals surface area contributed by atoms with Crippen molar-refractivity contribution in [2.24, 2.45) is 45.3 Å². The fourth-order valence-corrected chi connectivity index (χ4v) is 13.6. The summed E-state index contributed by atoms with van der Waals surface area (Å²) in [5, 5.41) is 107. The summed E-state index contributed by atoms with van der Waals surface area (Å²) in [6.45, 7) is 15.9. The van der Waals surface area contributed by atoms with Crippen molar-refractivity contribution in [2.75, 3.05) is 13.2 Å². The lowest BCUT2D eigenvalue weighted by atomic mass is 9.35. The summed E-state index contributed by atoms with van der Waals surface area (Å²) in [7, 11) is 0. The summed E-state index contributed by atoms with van der Waals surface area (Å²) >= 11 is 0. The van der Waals surface area contributed by atoms with Gasteiger partial charge >= 0.3 is 0 Å². The van der Waals surface area contributed by atoms with E-state index in [2.05, 4.69) is 34.6 Å². The minimum atomic E-state index is -1.59. The maximum Gasteiger partial charge on any atom is 0.187 e. The van der Waals surface area contributed by atoms with Crippen LogP contribution in [0.25, 0.3) is 0 Å². The van der Waals surface area contributed by atoms with E-state index in [1.807, 2.05) is 6.92 Å². The number of aliphatic hydroxyl groups excluding tert-OH is 9. The largest absolute Gasteiger partial charge is 0.394 e. The molecule has 6 rings (SSSR count). The first kappa shape index (κ1) is 45.0. The molecule has 4 saturated carbocycles. The van der Waals surface area contributed by atoms with Gasteiger partial charge in [0.25, 0.3) is 0 Å². The molecule has 14 nitrogen and oxygen atoms in total. The molecular weight excluding hydrogens is 728 g/mol. The van der Waals surface area contributed by atoms with E-state index in [0.29, 0.717) is 32.1 Å². The van der Waals surface area contributed by atoms with E-state index in [1.54, 1.807) is 13.8 Å². The highest BCUT2D eigenvalue weighted by atomic mass is 16.7. The minimum absolute atomic E-state index is 0.158. The summed E-state index contributed by atoms with van der Waals surface area (Å²) in [6.07, 6.45) is -7.75. The molecule has 0 aromatic rings. The van der Waals surface area contributed by atoms with Crippen LogP contribution in [0.1, 0.15) is 120 Å². The van der Waals surface area contributed by atoms with Gasteiger partial charge in [0.15, 0.2) is 12.6 Å².